The van der Waals surface area contributed by atoms with Crippen molar-refractivity contribution >= 4 is 23.0 Å². The summed E-state index contributed by atoms with van der Waals surface area (Å²) in [4.78, 5) is 27.2. The van der Waals surface area contributed by atoms with Gasteiger partial charge in [-0.25, -0.2) is 4.39 Å². The van der Waals surface area contributed by atoms with E-state index < -0.39 is 0 Å². The maximum absolute atomic E-state index is 13.0. The van der Waals surface area contributed by atoms with Gasteiger partial charge in [0.2, 0.25) is 5.01 Å². The largest absolute Gasteiger partial charge is 0.346 e. The van der Waals surface area contributed by atoms with Gasteiger partial charge >= 0.3 is 0 Å². The molecule has 0 radical (unpaired) electrons. The maximum Gasteiger partial charge on any atom is 0.282 e. The fourth-order valence-electron chi connectivity index (χ4n) is 3.65. The number of amides is 1. The van der Waals surface area contributed by atoms with Crippen LogP contribution in [0.4, 0.5) is 4.39 Å². The number of Topliss-reactive ketones (excluding diaryl/α,β-unsaturated/α-hetero) is 1. The summed E-state index contributed by atoms with van der Waals surface area (Å²) in [6.07, 6.45) is 1.63. The van der Waals surface area contributed by atoms with Crippen LogP contribution in [0.2, 0.25) is 0 Å². The van der Waals surface area contributed by atoms with Crippen molar-refractivity contribution in [3.05, 3.63) is 81.6 Å². The number of halogens is 1. The lowest BCUT2D eigenvalue weighted by Crippen LogP contribution is -2.35. The summed E-state index contributed by atoms with van der Waals surface area (Å²) in [5.41, 5.74) is 1.59. The number of carbonyl (C=O) groups is 2. The predicted octanol–water partition coefficient (Wildman–Crippen LogP) is 3.70. The minimum Gasteiger partial charge on any atom is -0.346 e. The Morgan fingerprint density at radius 1 is 1.03 bits per heavy atom. The van der Waals surface area contributed by atoms with Crippen molar-refractivity contribution in [3.63, 3.8) is 0 Å². The lowest BCUT2D eigenvalue weighted by molar-refractivity contribution is 0.0834. The molecule has 2 aromatic carbocycles. The zero-order valence-electron chi connectivity index (χ0n) is 17.0. The van der Waals surface area contributed by atoms with Gasteiger partial charge < -0.3 is 5.32 Å². The maximum atomic E-state index is 13.0. The second-order valence-electron chi connectivity index (χ2n) is 7.59. The van der Waals surface area contributed by atoms with E-state index >= 15 is 0 Å². The molecule has 2 heterocycles. The molecule has 0 saturated carbocycles. The molecule has 1 amide bonds. The van der Waals surface area contributed by atoms with Crippen molar-refractivity contribution in [1.29, 1.82) is 0 Å². The highest BCUT2D eigenvalue weighted by Gasteiger charge is 2.26. The Morgan fingerprint density at radius 3 is 2.45 bits per heavy atom. The van der Waals surface area contributed by atoms with Crippen LogP contribution >= 0.6 is 11.3 Å². The average molecular weight is 439 g/mol. The lowest BCUT2D eigenvalue weighted by atomic mass is 9.89. The predicted molar refractivity (Wildman–Crippen MR) is 116 cm³/mol. The van der Waals surface area contributed by atoms with Gasteiger partial charge in [0.1, 0.15) is 10.8 Å². The number of rotatable bonds is 7. The number of nitrogens with zero attached hydrogens (tertiary/aromatic N) is 3. The van der Waals surface area contributed by atoms with Crippen molar-refractivity contribution < 1.29 is 14.0 Å². The molecule has 1 fully saturated rings. The molecule has 0 unspecified atom stereocenters. The van der Waals surface area contributed by atoms with E-state index in [4.69, 9.17) is 0 Å². The van der Waals surface area contributed by atoms with Crippen molar-refractivity contribution in [3.8, 4) is 0 Å². The number of hydrogen-bond acceptors (Lipinski definition) is 6. The highest BCUT2D eigenvalue weighted by molar-refractivity contribution is 7.13. The molecule has 1 aromatic heterocycles. The van der Waals surface area contributed by atoms with E-state index in [0.29, 0.717) is 18.1 Å². The van der Waals surface area contributed by atoms with Gasteiger partial charge in [-0.05, 0) is 43.6 Å². The molecule has 1 N–H and O–H groups in total. The van der Waals surface area contributed by atoms with Gasteiger partial charge in [0.05, 0.1) is 6.54 Å². The first-order chi connectivity index (χ1) is 15.1. The lowest BCUT2D eigenvalue weighted by Gasteiger charge is -2.30. The summed E-state index contributed by atoms with van der Waals surface area (Å²) in [6, 6.07) is 15.4. The van der Waals surface area contributed by atoms with Gasteiger partial charge in [-0.15, -0.1) is 10.2 Å². The number of nitrogens with one attached hydrogen (secondary N) is 1. The van der Waals surface area contributed by atoms with Gasteiger partial charge in [0, 0.05) is 18.0 Å². The van der Waals surface area contributed by atoms with E-state index in [2.05, 4.69) is 20.4 Å². The fraction of sp³-hybridized carbons (Fsp3) is 0.304. The minimum absolute atomic E-state index is 0.0564. The summed E-state index contributed by atoms with van der Waals surface area (Å²) < 4.78 is 13.0. The molecule has 0 spiro atoms. The number of carbonyl (C=O) groups excluding carboxylic acids is 2. The van der Waals surface area contributed by atoms with E-state index in [1.54, 1.807) is 12.1 Å². The van der Waals surface area contributed by atoms with Crippen LogP contribution in [0.15, 0.2) is 54.6 Å². The third-order valence-corrected chi connectivity index (χ3v) is 6.31. The molecule has 160 valence electrons. The number of aromatic nitrogens is 2. The Bertz CT molecular complexity index is 1030. The Morgan fingerprint density at radius 2 is 1.74 bits per heavy atom. The summed E-state index contributed by atoms with van der Waals surface area (Å²) in [5.74, 6) is -0.324. The van der Waals surface area contributed by atoms with Crippen LogP contribution in [-0.4, -0.2) is 39.9 Å². The zero-order chi connectivity index (χ0) is 21.6. The Kier molecular flexibility index (Phi) is 6.79. The number of piperidine rings is 1. The first-order valence-electron chi connectivity index (χ1n) is 10.2. The van der Waals surface area contributed by atoms with Crippen LogP contribution in [0.3, 0.4) is 0 Å². The van der Waals surface area contributed by atoms with E-state index in [-0.39, 0.29) is 23.4 Å². The third-order valence-electron chi connectivity index (χ3n) is 5.40. The molecule has 0 bridgehead atoms. The molecule has 8 heteroatoms. The SMILES string of the molecule is O=C(NCc1ccc(F)cc1)c1nnc(CN2CCC(C(=O)c3ccccc3)CC2)s1. The fourth-order valence-corrected chi connectivity index (χ4v) is 4.45. The van der Waals surface area contributed by atoms with Crippen molar-refractivity contribution in [2.75, 3.05) is 13.1 Å². The van der Waals surface area contributed by atoms with E-state index in [1.165, 1.54) is 23.5 Å². The summed E-state index contributed by atoms with van der Waals surface area (Å²) in [5, 5.41) is 12.0. The number of benzene rings is 2. The second-order valence-corrected chi connectivity index (χ2v) is 8.65. The van der Waals surface area contributed by atoms with Gasteiger partial charge in [-0.2, -0.15) is 0 Å². The molecule has 0 atom stereocenters. The summed E-state index contributed by atoms with van der Waals surface area (Å²) in [6.45, 7) is 2.55. The standard InChI is InChI=1S/C23H23FN4O2S/c24-19-8-6-16(7-9-19)14-25-22(30)23-27-26-20(31-23)15-28-12-10-18(11-13-28)21(29)17-4-2-1-3-5-17/h1-9,18H,10-15H2,(H,25,30). The van der Waals surface area contributed by atoms with Gasteiger partial charge in [0.15, 0.2) is 5.78 Å². The summed E-state index contributed by atoms with van der Waals surface area (Å²) >= 11 is 1.27. The van der Waals surface area contributed by atoms with Crippen molar-refractivity contribution in [1.82, 2.24) is 20.4 Å². The molecule has 3 aromatic rings. The molecular weight excluding hydrogens is 415 g/mol. The Hall–Kier alpha value is -2.97. The van der Waals surface area contributed by atoms with E-state index in [0.717, 1.165) is 42.1 Å². The number of likely N-dealkylation sites (tertiary alicyclic amines) is 1. The smallest absolute Gasteiger partial charge is 0.282 e. The van der Waals surface area contributed by atoms with Gasteiger partial charge in [-0.1, -0.05) is 53.8 Å². The number of ketones is 1. The Labute approximate surface area is 184 Å². The van der Waals surface area contributed by atoms with Gasteiger partial charge in [0.25, 0.3) is 5.91 Å². The van der Waals surface area contributed by atoms with E-state index in [9.17, 15) is 14.0 Å². The summed E-state index contributed by atoms with van der Waals surface area (Å²) in [7, 11) is 0. The Balaban J connectivity index is 1.25. The van der Waals surface area contributed by atoms with Gasteiger partial charge in [-0.3, -0.25) is 14.5 Å². The first-order valence-corrected chi connectivity index (χ1v) is 11.1. The molecule has 6 nitrogen and oxygen atoms in total. The highest BCUT2D eigenvalue weighted by atomic mass is 32.1. The molecule has 4 rings (SSSR count). The average Bonchev–Trinajstić information content (AvgIpc) is 3.28. The third kappa shape index (κ3) is 5.59. The topological polar surface area (TPSA) is 75.2 Å². The van der Waals surface area contributed by atoms with Crippen LogP contribution in [0.5, 0.6) is 0 Å². The van der Waals surface area contributed by atoms with Crippen LogP contribution < -0.4 is 5.32 Å². The molecular formula is C23H23FN4O2S. The zero-order valence-corrected chi connectivity index (χ0v) is 17.8. The monoisotopic (exact) mass is 438 g/mol. The van der Waals surface area contributed by atoms with Crippen LogP contribution in [0, 0.1) is 11.7 Å². The molecule has 0 aliphatic carbocycles. The molecule has 1 aliphatic rings. The highest BCUT2D eigenvalue weighted by Crippen LogP contribution is 2.23. The van der Waals surface area contributed by atoms with Crippen LogP contribution in [-0.2, 0) is 13.1 Å². The van der Waals surface area contributed by atoms with Crippen LogP contribution in [0.1, 0.15) is 43.6 Å². The number of hydrogen-bond donors (Lipinski definition) is 1. The van der Waals surface area contributed by atoms with Crippen molar-refractivity contribution in [2.24, 2.45) is 5.92 Å². The second kappa shape index (κ2) is 9.89. The molecule has 31 heavy (non-hydrogen) atoms. The minimum atomic E-state index is -0.308. The molecule has 1 saturated heterocycles. The normalized spacial score (nSPS) is 15.0. The first kappa shape index (κ1) is 21.3. The molecule has 1 aliphatic heterocycles. The van der Waals surface area contributed by atoms with E-state index in [1.807, 2.05) is 30.3 Å². The van der Waals surface area contributed by atoms with Crippen molar-refractivity contribution in [2.45, 2.75) is 25.9 Å². The quantitative estimate of drug-likeness (QED) is 0.570. The van der Waals surface area contributed by atoms with Crippen LogP contribution in [0.25, 0.3) is 0 Å².